The van der Waals surface area contributed by atoms with Gasteiger partial charge in [-0.25, -0.2) is 9.97 Å². The third-order valence-electron chi connectivity index (χ3n) is 8.79. The van der Waals surface area contributed by atoms with Crippen LogP contribution in [0, 0.1) is 0 Å². The lowest BCUT2D eigenvalue weighted by molar-refractivity contribution is -0.253. The molecule has 2 aliphatic rings. The van der Waals surface area contributed by atoms with Crippen molar-refractivity contribution in [3.05, 3.63) is 108 Å². The van der Waals surface area contributed by atoms with Gasteiger partial charge < -0.3 is 35.8 Å². The Labute approximate surface area is 286 Å². The zero-order chi connectivity index (χ0) is 34.0. The van der Waals surface area contributed by atoms with Crippen LogP contribution in [0.1, 0.15) is 54.8 Å². The second-order valence-corrected chi connectivity index (χ2v) is 12.3. The predicted octanol–water partition coefficient (Wildman–Crippen LogP) is 4.67. The summed E-state index contributed by atoms with van der Waals surface area (Å²) in [4.78, 5) is 38.3. The van der Waals surface area contributed by atoms with Gasteiger partial charge >= 0.3 is 0 Å². The smallest absolute Gasteiger partial charge is 0.225 e. The number of hydrogen-bond donors (Lipinski definition) is 4. The first-order valence-corrected chi connectivity index (χ1v) is 16.7. The first-order valence-electron chi connectivity index (χ1n) is 16.7. The number of piperazine rings is 1. The highest BCUT2D eigenvalue weighted by molar-refractivity contribution is 5.94. The normalized spacial score (nSPS) is 19.7. The number of hydrogen-bond acceptors (Lipinski definition) is 10. The number of benzene rings is 3. The van der Waals surface area contributed by atoms with Gasteiger partial charge in [0.2, 0.25) is 17.8 Å². The summed E-state index contributed by atoms with van der Waals surface area (Å²) in [6.45, 7) is 4.18. The monoisotopic (exact) mass is 665 g/mol. The van der Waals surface area contributed by atoms with Crippen LogP contribution in [0.4, 0.5) is 23.0 Å². The minimum Gasteiger partial charge on any atom is -0.397 e. The lowest BCUT2D eigenvalue weighted by Crippen LogP contribution is -2.50. The SMILES string of the molecule is Nc1ccccc1NC(=O)CCCC(=O)Nc1ccc([C@@H]2O[C@H](CN3CCN(c4ncccn4)CC3)C[C@H](c3ccc(CO)cc3)O2)cc1. The summed E-state index contributed by atoms with van der Waals surface area (Å²) in [5.74, 6) is 0.399. The van der Waals surface area contributed by atoms with Crippen LogP contribution in [0.3, 0.4) is 0 Å². The summed E-state index contributed by atoms with van der Waals surface area (Å²) in [5, 5.41) is 15.2. The lowest BCUT2D eigenvalue weighted by atomic mass is 9.99. The summed E-state index contributed by atoms with van der Waals surface area (Å²) in [5.41, 5.74) is 10.3. The van der Waals surface area contributed by atoms with E-state index in [-0.39, 0.29) is 43.5 Å². The maximum atomic E-state index is 12.6. The van der Waals surface area contributed by atoms with E-state index in [0.29, 0.717) is 29.9 Å². The van der Waals surface area contributed by atoms with Crippen LogP contribution in [-0.2, 0) is 25.7 Å². The van der Waals surface area contributed by atoms with Crippen molar-refractivity contribution in [3.63, 3.8) is 0 Å². The molecule has 0 bridgehead atoms. The number of amides is 2. The Bertz CT molecular complexity index is 1670. The fourth-order valence-electron chi connectivity index (χ4n) is 6.09. The molecule has 6 rings (SSSR count). The average Bonchev–Trinajstić information content (AvgIpc) is 3.13. The van der Waals surface area contributed by atoms with E-state index in [1.807, 2.05) is 54.6 Å². The Hall–Kier alpha value is -4.88. The molecule has 2 amide bonds. The van der Waals surface area contributed by atoms with Crippen molar-refractivity contribution >= 4 is 34.8 Å². The highest BCUT2D eigenvalue weighted by Crippen LogP contribution is 2.38. The number of carbonyl (C=O) groups is 2. The molecular weight excluding hydrogens is 622 g/mol. The largest absolute Gasteiger partial charge is 0.397 e. The van der Waals surface area contributed by atoms with Crippen molar-refractivity contribution in [2.75, 3.05) is 54.0 Å². The van der Waals surface area contributed by atoms with Crippen molar-refractivity contribution in [3.8, 4) is 0 Å². The zero-order valence-electron chi connectivity index (χ0n) is 27.4. The molecule has 12 nitrogen and oxygen atoms in total. The van der Waals surface area contributed by atoms with Gasteiger partial charge in [-0.15, -0.1) is 0 Å². The molecule has 0 saturated carbocycles. The van der Waals surface area contributed by atoms with E-state index < -0.39 is 6.29 Å². The number of carbonyl (C=O) groups excluding carboxylic acids is 2. The molecule has 3 atom stereocenters. The van der Waals surface area contributed by atoms with Crippen LogP contribution in [0.5, 0.6) is 0 Å². The van der Waals surface area contributed by atoms with Gasteiger partial charge in [-0.1, -0.05) is 48.5 Å². The van der Waals surface area contributed by atoms with Gasteiger partial charge in [0.05, 0.1) is 30.2 Å². The topological polar surface area (TPSA) is 155 Å². The van der Waals surface area contributed by atoms with Crippen LogP contribution in [-0.4, -0.2) is 70.6 Å². The second-order valence-electron chi connectivity index (χ2n) is 12.3. The first-order chi connectivity index (χ1) is 23.9. The summed E-state index contributed by atoms with van der Waals surface area (Å²) >= 11 is 0. The molecule has 2 aliphatic heterocycles. The van der Waals surface area contributed by atoms with Gasteiger partial charge in [0, 0.05) is 75.6 Å². The highest BCUT2D eigenvalue weighted by Gasteiger charge is 2.34. The molecule has 5 N–H and O–H groups in total. The number of rotatable bonds is 12. The van der Waals surface area contributed by atoms with E-state index in [4.69, 9.17) is 15.2 Å². The van der Waals surface area contributed by atoms with Crippen molar-refractivity contribution in [1.29, 1.82) is 0 Å². The van der Waals surface area contributed by atoms with Crippen LogP contribution in [0.15, 0.2) is 91.3 Å². The summed E-state index contributed by atoms with van der Waals surface area (Å²) in [6.07, 6.45) is 4.20. The minimum absolute atomic E-state index is 0.0117. The Kier molecular flexibility index (Phi) is 11.4. The predicted molar refractivity (Wildman–Crippen MR) is 188 cm³/mol. The number of nitrogen functional groups attached to an aromatic ring is 1. The first kappa shape index (κ1) is 34.0. The molecule has 4 aromatic rings. The van der Waals surface area contributed by atoms with Crippen LogP contribution in [0.25, 0.3) is 0 Å². The van der Waals surface area contributed by atoms with E-state index >= 15 is 0 Å². The van der Waals surface area contributed by atoms with Gasteiger partial charge in [0.15, 0.2) is 6.29 Å². The molecule has 3 aromatic carbocycles. The Morgan fingerprint density at radius 1 is 0.816 bits per heavy atom. The molecule has 2 fully saturated rings. The van der Waals surface area contributed by atoms with E-state index in [9.17, 15) is 14.7 Å². The Morgan fingerprint density at radius 2 is 1.49 bits per heavy atom. The third-order valence-corrected chi connectivity index (χ3v) is 8.79. The molecule has 0 unspecified atom stereocenters. The number of nitrogens with one attached hydrogen (secondary N) is 2. The van der Waals surface area contributed by atoms with Gasteiger partial charge in [0.1, 0.15) is 0 Å². The lowest BCUT2D eigenvalue weighted by Gasteiger charge is -2.40. The maximum Gasteiger partial charge on any atom is 0.225 e. The zero-order valence-corrected chi connectivity index (χ0v) is 27.4. The Morgan fingerprint density at radius 3 is 2.18 bits per heavy atom. The van der Waals surface area contributed by atoms with Gasteiger partial charge in [-0.05, 0) is 47.9 Å². The van der Waals surface area contributed by atoms with Crippen LogP contribution >= 0.6 is 0 Å². The third kappa shape index (κ3) is 9.39. The van der Waals surface area contributed by atoms with E-state index in [2.05, 4.69) is 30.4 Å². The number of ether oxygens (including phenoxy) is 2. The molecule has 0 spiro atoms. The average molecular weight is 666 g/mol. The maximum absolute atomic E-state index is 12.6. The van der Waals surface area contributed by atoms with Gasteiger partial charge in [-0.2, -0.15) is 0 Å². The number of anilines is 4. The molecule has 256 valence electrons. The molecule has 0 aliphatic carbocycles. The quantitative estimate of drug-likeness (QED) is 0.157. The molecule has 1 aromatic heterocycles. The van der Waals surface area contributed by atoms with Gasteiger partial charge in [0.25, 0.3) is 0 Å². The van der Waals surface area contributed by atoms with Crippen LogP contribution in [0.2, 0.25) is 0 Å². The van der Waals surface area contributed by atoms with E-state index in [1.54, 1.807) is 36.7 Å². The van der Waals surface area contributed by atoms with Crippen molar-refractivity contribution in [1.82, 2.24) is 14.9 Å². The van der Waals surface area contributed by atoms with Crippen molar-refractivity contribution in [2.24, 2.45) is 0 Å². The highest BCUT2D eigenvalue weighted by atomic mass is 16.7. The van der Waals surface area contributed by atoms with Gasteiger partial charge in [-0.3, -0.25) is 14.5 Å². The molecule has 0 radical (unpaired) electrons. The fraction of sp³-hybridized carbons (Fsp3) is 0.351. The summed E-state index contributed by atoms with van der Waals surface area (Å²) < 4.78 is 13.1. The second kappa shape index (κ2) is 16.5. The molecule has 49 heavy (non-hydrogen) atoms. The molecule has 12 heteroatoms. The standard InChI is InChI=1S/C37H43N7O5/c38-31-5-1-2-6-32(31)42-35(47)8-3-7-34(46)41-29-15-13-28(14-16-29)36-48-30(23-33(49-36)27-11-9-26(25-45)10-12-27)24-43-19-21-44(22-20-43)37-39-17-4-18-40-37/h1-2,4-6,9-18,30,33,36,45H,3,7-8,19-25,38H2,(H,41,46)(H,42,47)/t30-,33+,36+/m0/s1. The fourth-order valence-corrected chi connectivity index (χ4v) is 6.09. The molecular formula is C37H43N7O5. The Balaban J connectivity index is 1.04. The number of para-hydroxylation sites is 2. The number of nitrogens with zero attached hydrogens (tertiary/aromatic N) is 4. The number of aliphatic hydroxyl groups excluding tert-OH is 1. The number of nitrogens with two attached hydrogens (primary N) is 1. The van der Waals surface area contributed by atoms with Crippen molar-refractivity contribution in [2.45, 2.75) is 50.8 Å². The van der Waals surface area contributed by atoms with E-state index in [1.165, 1.54) is 0 Å². The van der Waals surface area contributed by atoms with Crippen LogP contribution < -0.4 is 21.3 Å². The summed E-state index contributed by atoms with van der Waals surface area (Å²) in [7, 11) is 0. The van der Waals surface area contributed by atoms with Crippen molar-refractivity contribution < 1.29 is 24.2 Å². The van der Waals surface area contributed by atoms with E-state index in [0.717, 1.165) is 55.4 Å². The summed E-state index contributed by atoms with van der Waals surface area (Å²) in [6, 6.07) is 24.2. The minimum atomic E-state index is -0.595. The number of aliphatic hydroxyl groups is 1. The molecule has 3 heterocycles. The number of aromatic nitrogens is 2. The molecule has 2 saturated heterocycles.